The molecule has 15 heavy (non-hydrogen) atoms. The van der Waals surface area contributed by atoms with Crippen molar-refractivity contribution in [1.29, 1.82) is 0 Å². The highest BCUT2D eigenvalue weighted by Gasteiger charge is 2.28. The van der Waals surface area contributed by atoms with Gasteiger partial charge in [0.2, 0.25) is 0 Å². The van der Waals surface area contributed by atoms with Crippen molar-refractivity contribution in [2.45, 2.75) is 32.5 Å². The van der Waals surface area contributed by atoms with Gasteiger partial charge in [-0.2, -0.15) is 13.2 Å². The smallest absolute Gasteiger partial charge is 0.366 e. The number of nitrogens with one attached hydrogen (secondary N) is 1. The van der Waals surface area contributed by atoms with E-state index >= 15 is 0 Å². The summed E-state index contributed by atoms with van der Waals surface area (Å²) in [6.07, 6.45) is -4.46. The zero-order valence-corrected chi connectivity index (χ0v) is 8.77. The molecule has 0 aliphatic carbocycles. The summed E-state index contributed by atoms with van der Waals surface area (Å²) in [7, 11) is 0. The molecule has 0 heterocycles. The third-order valence-corrected chi connectivity index (χ3v) is 1.06. The van der Waals surface area contributed by atoms with E-state index in [0.29, 0.717) is 0 Å². The van der Waals surface area contributed by atoms with Crippen molar-refractivity contribution in [3.63, 3.8) is 0 Å². The molecule has 0 saturated heterocycles. The Morgan fingerprint density at radius 2 is 1.80 bits per heavy atom. The van der Waals surface area contributed by atoms with Crippen LogP contribution < -0.4 is 5.48 Å². The number of amides is 1. The van der Waals surface area contributed by atoms with Crippen LogP contribution in [0.15, 0.2) is 0 Å². The summed E-state index contributed by atoms with van der Waals surface area (Å²) in [5.74, 6) is -0.755. The second kappa shape index (κ2) is 5.32. The number of hydroxylamine groups is 1. The Kier molecular flexibility index (Phi) is 5.02. The van der Waals surface area contributed by atoms with Crippen molar-refractivity contribution in [2.24, 2.45) is 0 Å². The molecule has 0 aromatic carbocycles. The summed E-state index contributed by atoms with van der Waals surface area (Å²) >= 11 is 0. The molecule has 7 heteroatoms. The lowest BCUT2D eigenvalue weighted by Crippen LogP contribution is -2.34. The number of carbonyl (C=O) groups excluding carboxylic acids is 1. The molecule has 1 N–H and O–H groups in total. The summed E-state index contributed by atoms with van der Waals surface area (Å²) in [6.45, 7) is 3.29. The maximum Gasteiger partial charge on any atom is 0.414 e. The maximum absolute atomic E-state index is 11.6. The van der Waals surface area contributed by atoms with Gasteiger partial charge in [0, 0.05) is 0 Å². The van der Waals surface area contributed by atoms with Gasteiger partial charge in [0.1, 0.15) is 6.61 Å². The standard InChI is InChI=1S/C8H14F3NO3/c1-7(2,3)14-4-6(13)12-15-5-8(9,10)11/h4-5H2,1-3H3,(H,12,13). The van der Waals surface area contributed by atoms with Crippen molar-refractivity contribution in [1.82, 2.24) is 5.48 Å². The highest BCUT2D eigenvalue weighted by molar-refractivity contribution is 5.76. The van der Waals surface area contributed by atoms with Crippen molar-refractivity contribution in [2.75, 3.05) is 13.2 Å². The minimum atomic E-state index is -4.46. The van der Waals surface area contributed by atoms with Crippen LogP contribution in [0.5, 0.6) is 0 Å². The molecular formula is C8H14F3NO3. The van der Waals surface area contributed by atoms with Crippen LogP contribution >= 0.6 is 0 Å². The Balaban J connectivity index is 3.60. The van der Waals surface area contributed by atoms with Crippen molar-refractivity contribution in [3.8, 4) is 0 Å². The van der Waals surface area contributed by atoms with E-state index in [2.05, 4.69) is 4.84 Å². The molecule has 0 radical (unpaired) electrons. The van der Waals surface area contributed by atoms with Crippen LogP contribution in [-0.2, 0) is 14.4 Å². The molecule has 0 bridgehead atoms. The monoisotopic (exact) mass is 229 g/mol. The Morgan fingerprint density at radius 3 is 2.20 bits per heavy atom. The number of ether oxygens (including phenoxy) is 1. The molecule has 0 rings (SSSR count). The second-order valence-electron chi connectivity index (χ2n) is 3.83. The predicted octanol–water partition coefficient (Wildman–Crippen LogP) is 1.41. The van der Waals surface area contributed by atoms with Crippen LogP contribution in [0.1, 0.15) is 20.8 Å². The van der Waals surface area contributed by atoms with E-state index < -0.39 is 24.3 Å². The minimum absolute atomic E-state index is 0.346. The normalized spacial score (nSPS) is 12.7. The lowest BCUT2D eigenvalue weighted by molar-refractivity contribution is -0.193. The van der Waals surface area contributed by atoms with Gasteiger partial charge in [-0.1, -0.05) is 0 Å². The summed E-state index contributed by atoms with van der Waals surface area (Å²) in [5, 5.41) is 0. The van der Waals surface area contributed by atoms with Gasteiger partial charge in [-0.15, -0.1) is 0 Å². The van der Waals surface area contributed by atoms with Gasteiger partial charge < -0.3 is 4.74 Å². The number of halogens is 3. The van der Waals surface area contributed by atoms with E-state index in [1.165, 1.54) is 0 Å². The van der Waals surface area contributed by atoms with E-state index in [1.54, 1.807) is 26.3 Å². The molecule has 0 fully saturated rings. The van der Waals surface area contributed by atoms with Crippen molar-refractivity contribution < 1.29 is 27.5 Å². The quantitative estimate of drug-likeness (QED) is 0.741. The Hall–Kier alpha value is -0.820. The van der Waals surface area contributed by atoms with Gasteiger partial charge in [0.25, 0.3) is 5.91 Å². The number of hydrogen-bond donors (Lipinski definition) is 1. The topological polar surface area (TPSA) is 47.6 Å². The molecule has 4 nitrogen and oxygen atoms in total. The molecule has 0 aliphatic heterocycles. The third-order valence-electron chi connectivity index (χ3n) is 1.06. The predicted molar refractivity (Wildman–Crippen MR) is 45.9 cm³/mol. The Bertz CT molecular complexity index is 210. The first-order valence-corrected chi connectivity index (χ1v) is 4.21. The second-order valence-corrected chi connectivity index (χ2v) is 3.83. The Labute approximate surface area is 85.7 Å². The van der Waals surface area contributed by atoms with E-state index in [-0.39, 0.29) is 6.61 Å². The average Bonchev–Trinajstić information content (AvgIpc) is 1.97. The molecular weight excluding hydrogens is 215 g/mol. The highest BCUT2D eigenvalue weighted by Crippen LogP contribution is 2.13. The number of carbonyl (C=O) groups is 1. The first kappa shape index (κ1) is 14.2. The highest BCUT2D eigenvalue weighted by atomic mass is 19.4. The first-order chi connectivity index (χ1) is 6.60. The van der Waals surface area contributed by atoms with Crippen LogP contribution in [0.4, 0.5) is 13.2 Å². The molecule has 0 aromatic heterocycles. The van der Waals surface area contributed by atoms with Crippen LogP contribution in [0.2, 0.25) is 0 Å². The zero-order valence-electron chi connectivity index (χ0n) is 8.77. The van der Waals surface area contributed by atoms with Gasteiger partial charge in [-0.05, 0) is 20.8 Å². The average molecular weight is 229 g/mol. The van der Waals surface area contributed by atoms with Crippen LogP contribution in [-0.4, -0.2) is 30.9 Å². The molecule has 1 amide bonds. The van der Waals surface area contributed by atoms with Gasteiger partial charge in [-0.25, -0.2) is 5.48 Å². The number of alkyl halides is 3. The molecule has 0 atom stereocenters. The molecule has 90 valence electrons. The number of rotatable bonds is 4. The first-order valence-electron chi connectivity index (χ1n) is 4.21. The molecule has 0 aromatic rings. The largest absolute Gasteiger partial charge is 0.414 e. The summed E-state index contributed by atoms with van der Waals surface area (Å²) in [6, 6.07) is 0. The van der Waals surface area contributed by atoms with Crippen LogP contribution in [0.25, 0.3) is 0 Å². The molecule has 0 spiro atoms. The summed E-state index contributed by atoms with van der Waals surface area (Å²) in [5.41, 5.74) is 1.10. The van der Waals surface area contributed by atoms with E-state index in [0.717, 1.165) is 0 Å². The van der Waals surface area contributed by atoms with Gasteiger partial charge >= 0.3 is 6.18 Å². The molecule has 0 unspecified atom stereocenters. The Morgan fingerprint density at radius 1 is 1.27 bits per heavy atom. The van der Waals surface area contributed by atoms with Crippen LogP contribution in [0.3, 0.4) is 0 Å². The van der Waals surface area contributed by atoms with Crippen LogP contribution in [0, 0.1) is 0 Å². The fourth-order valence-electron chi connectivity index (χ4n) is 0.510. The third kappa shape index (κ3) is 11.1. The van der Waals surface area contributed by atoms with Gasteiger partial charge in [0.15, 0.2) is 6.61 Å². The molecule has 0 aliphatic rings. The minimum Gasteiger partial charge on any atom is -0.366 e. The maximum atomic E-state index is 11.6. The van der Waals surface area contributed by atoms with E-state index in [4.69, 9.17) is 4.74 Å². The molecule has 0 saturated carbocycles. The number of hydrogen-bond acceptors (Lipinski definition) is 3. The van der Waals surface area contributed by atoms with Gasteiger partial charge in [-0.3, -0.25) is 9.63 Å². The van der Waals surface area contributed by atoms with Crippen molar-refractivity contribution >= 4 is 5.91 Å². The summed E-state index contributed by atoms with van der Waals surface area (Å²) < 4.78 is 39.7. The van der Waals surface area contributed by atoms with E-state index in [9.17, 15) is 18.0 Å². The van der Waals surface area contributed by atoms with Gasteiger partial charge in [0.05, 0.1) is 5.60 Å². The summed E-state index contributed by atoms with van der Waals surface area (Å²) in [4.78, 5) is 14.8. The van der Waals surface area contributed by atoms with Crippen molar-refractivity contribution in [3.05, 3.63) is 0 Å². The van der Waals surface area contributed by atoms with E-state index in [1.807, 2.05) is 0 Å². The fourth-order valence-corrected chi connectivity index (χ4v) is 0.510. The zero-order chi connectivity index (χ0) is 12.1. The lowest BCUT2D eigenvalue weighted by atomic mass is 10.2. The SMILES string of the molecule is CC(C)(C)OCC(=O)NOCC(F)(F)F. The lowest BCUT2D eigenvalue weighted by Gasteiger charge is -2.18. The fraction of sp³-hybridized carbons (Fsp3) is 0.875.